The van der Waals surface area contributed by atoms with E-state index in [1.54, 1.807) is 17.6 Å². The van der Waals surface area contributed by atoms with Crippen LogP contribution in [0, 0.1) is 10.1 Å². The second-order valence-electron chi connectivity index (χ2n) is 3.78. The molecule has 0 saturated heterocycles. The highest BCUT2D eigenvalue weighted by molar-refractivity contribution is 7.84. The van der Waals surface area contributed by atoms with E-state index in [-0.39, 0.29) is 5.69 Å². The molecule has 19 heavy (non-hydrogen) atoms. The first kappa shape index (κ1) is 13.9. The average Bonchev–Trinajstić information content (AvgIpc) is 2.85. The Morgan fingerprint density at radius 3 is 3.00 bits per heavy atom. The molecule has 2 rings (SSSR count). The summed E-state index contributed by atoms with van der Waals surface area (Å²) >= 11 is 1.37. The smallest absolute Gasteiger partial charge is 0.319 e. The summed E-state index contributed by atoms with van der Waals surface area (Å²) in [6.07, 6.45) is 0. The molecule has 8 heteroatoms. The van der Waals surface area contributed by atoms with Crippen LogP contribution in [0.1, 0.15) is 6.92 Å². The van der Waals surface area contributed by atoms with Crippen LogP contribution in [-0.4, -0.2) is 32.2 Å². The second-order valence-corrected chi connectivity index (χ2v) is 6.53. The molecule has 6 nitrogen and oxygen atoms in total. The van der Waals surface area contributed by atoms with Crippen molar-refractivity contribution in [3.8, 4) is 0 Å². The summed E-state index contributed by atoms with van der Waals surface area (Å²) in [5.74, 6) is 1.07. The number of fused-ring (bicyclic) bond motifs is 1. The predicted octanol–water partition coefficient (Wildman–Crippen LogP) is 2.39. The number of nitrogens with zero attached hydrogens (tertiary/aromatic N) is 2. The molecule has 1 unspecified atom stereocenters. The summed E-state index contributed by atoms with van der Waals surface area (Å²) in [5.41, 5.74) is 2.40. The SMILES string of the molecule is CCS(=O)CCNc1ccc2scnc2c1[N+](=O)[O-]. The number of nitro benzene ring substituents is 1. The number of anilines is 1. The third-order valence-corrected chi connectivity index (χ3v) is 4.72. The maximum Gasteiger partial charge on any atom is 0.319 e. The summed E-state index contributed by atoms with van der Waals surface area (Å²) in [5, 5.41) is 14.1. The van der Waals surface area contributed by atoms with E-state index in [4.69, 9.17) is 0 Å². The van der Waals surface area contributed by atoms with Crippen molar-refractivity contribution in [2.24, 2.45) is 0 Å². The Morgan fingerprint density at radius 1 is 1.53 bits per heavy atom. The number of nitrogens with one attached hydrogen (secondary N) is 1. The van der Waals surface area contributed by atoms with Crippen molar-refractivity contribution < 1.29 is 9.13 Å². The first-order valence-corrected chi connectivity index (χ1v) is 8.09. The maximum atomic E-state index is 11.3. The summed E-state index contributed by atoms with van der Waals surface area (Å²) in [7, 11) is -0.883. The highest BCUT2D eigenvalue weighted by atomic mass is 32.2. The van der Waals surface area contributed by atoms with Gasteiger partial charge in [0.05, 0.1) is 15.1 Å². The molecule has 0 fully saturated rings. The van der Waals surface area contributed by atoms with E-state index in [0.29, 0.717) is 29.3 Å². The van der Waals surface area contributed by atoms with Gasteiger partial charge < -0.3 is 5.32 Å². The molecule has 0 radical (unpaired) electrons. The molecule has 0 amide bonds. The van der Waals surface area contributed by atoms with Gasteiger partial charge in [-0.25, -0.2) is 4.98 Å². The fourth-order valence-corrected chi connectivity index (χ4v) is 2.99. The Bertz CT molecular complexity index is 627. The number of thiazole rings is 1. The van der Waals surface area contributed by atoms with Gasteiger partial charge in [-0.3, -0.25) is 14.3 Å². The molecule has 1 aromatic carbocycles. The summed E-state index contributed by atoms with van der Waals surface area (Å²) < 4.78 is 12.1. The lowest BCUT2D eigenvalue weighted by Gasteiger charge is -2.06. The van der Waals surface area contributed by atoms with E-state index < -0.39 is 15.7 Å². The van der Waals surface area contributed by atoms with Crippen LogP contribution < -0.4 is 5.32 Å². The molecule has 0 aliphatic carbocycles. The number of hydrogen-bond acceptors (Lipinski definition) is 6. The van der Waals surface area contributed by atoms with E-state index in [0.717, 1.165) is 4.70 Å². The molecule has 0 bridgehead atoms. The average molecular weight is 299 g/mol. The molecule has 1 heterocycles. The zero-order chi connectivity index (χ0) is 13.8. The fourth-order valence-electron chi connectivity index (χ4n) is 1.69. The lowest BCUT2D eigenvalue weighted by atomic mass is 10.2. The van der Waals surface area contributed by atoms with Crippen LogP contribution in [0.15, 0.2) is 17.6 Å². The number of hydrogen-bond donors (Lipinski definition) is 1. The van der Waals surface area contributed by atoms with Crippen LogP contribution in [0.5, 0.6) is 0 Å². The molecule has 0 aliphatic heterocycles. The largest absolute Gasteiger partial charge is 0.378 e. The number of aromatic nitrogens is 1. The molecule has 1 atom stereocenters. The fraction of sp³-hybridized carbons (Fsp3) is 0.364. The zero-order valence-electron chi connectivity index (χ0n) is 10.3. The standard InChI is InChI=1S/C11H13N3O3S2/c1-2-19(17)6-5-12-8-3-4-9-10(13-7-18-9)11(8)14(15)16/h3-4,7,12H,2,5-6H2,1H3. The maximum absolute atomic E-state index is 11.3. The first-order valence-electron chi connectivity index (χ1n) is 5.73. The molecule has 0 saturated carbocycles. The Kier molecular flexibility index (Phi) is 4.43. The Morgan fingerprint density at radius 2 is 2.32 bits per heavy atom. The first-order chi connectivity index (χ1) is 9.13. The summed E-state index contributed by atoms with van der Waals surface area (Å²) in [4.78, 5) is 14.8. The van der Waals surface area contributed by atoms with Crippen molar-refractivity contribution in [3.63, 3.8) is 0 Å². The van der Waals surface area contributed by atoms with E-state index >= 15 is 0 Å². The Balaban J connectivity index is 2.24. The molecule has 102 valence electrons. The van der Waals surface area contributed by atoms with E-state index in [9.17, 15) is 14.3 Å². The number of rotatable bonds is 6. The molecule has 1 N–H and O–H groups in total. The van der Waals surface area contributed by atoms with Gasteiger partial charge >= 0.3 is 5.69 Å². The van der Waals surface area contributed by atoms with E-state index in [2.05, 4.69) is 10.3 Å². The predicted molar refractivity (Wildman–Crippen MR) is 78.3 cm³/mol. The quantitative estimate of drug-likeness (QED) is 0.654. The van der Waals surface area contributed by atoms with Gasteiger partial charge in [0.15, 0.2) is 5.52 Å². The van der Waals surface area contributed by atoms with Gasteiger partial charge in [0.25, 0.3) is 0 Å². The van der Waals surface area contributed by atoms with E-state index in [1.165, 1.54) is 11.3 Å². The van der Waals surface area contributed by atoms with E-state index in [1.807, 2.05) is 6.92 Å². The van der Waals surface area contributed by atoms with Crippen molar-refractivity contribution in [1.29, 1.82) is 0 Å². The highest BCUT2D eigenvalue weighted by Gasteiger charge is 2.20. The molecular formula is C11H13N3O3S2. The number of benzene rings is 1. The molecule has 0 spiro atoms. The van der Waals surface area contributed by atoms with Gasteiger partial charge in [-0.1, -0.05) is 6.92 Å². The van der Waals surface area contributed by atoms with Crippen LogP contribution in [0.25, 0.3) is 10.2 Å². The van der Waals surface area contributed by atoms with Crippen LogP contribution >= 0.6 is 11.3 Å². The van der Waals surface area contributed by atoms with Gasteiger partial charge in [0, 0.05) is 28.9 Å². The van der Waals surface area contributed by atoms with Crippen molar-refractivity contribution >= 4 is 43.7 Å². The van der Waals surface area contributed by atoms with Gasteiger partial charge in [-0.15, -0.1) is 11.3 Å². The monoisotopic (exact) mass is 299 g/mol. The van der Waals surface area contributed by atoms with Crippen LogP contribution in [-0.2, 0) is 10.8 Å². The molecule has 1 aromatic heterocycles. The minimum atomic E-state index is -0.883. The van der Waals surface area contributed by atoms with Gasteiger partial charge in [0.1, 0.15) is 5.69 Å². The number of nitro groups is 1. The van der Waals surface area contributed by atoms with Gasteiger partial charge in [-0.2, -0.15) is 0 Å². The van der Waals surface area contributed by atoms with Crippen molar-refractivity contribution in [2.45, 2.75) is 6.92 Å². The minimum Gasteiger partial charge on any atom is -0.378 e. The summed E-state index contributed by atoms with van der Waals surface area (Å²) in [6.45, 7) is 2.29. The Labute approximate surface area is 116 Å². The lowest BCUT2D eigenvalue weighted by molar-refractivity contribution is -0.382. The third-order valence-electron chi connectivity index (χ3n) is 2.63. The Hall–Kier alpha value is -1.54. The van der Waals surface area contributed by atoms with Crippen molar-refractivity contribution in [1.82, 2.24) is 4.98 Å². The van der Waals surface area contributed by atoms with Gasteiger partial charge in [0.2, 0.25) is 0 Å². The molecule has 0 aliphatic rings. The second kappa shape index (κ2) is 6.07. The van der Waals surface area contributed by atoms with Crippen molar-refractivity contribution in [2.75, 3.05) is 23.4 Å². The summed E-state index contributed by atoms with van der Waals surface area (Å²) in [6, 6.07) is 3.48. The third kappa shape index (κ3) is 3.07. The molecule has 2 aromatic rings. The van der Waals surface area contributed by atoms with Crippen molar-refractivity contribution in [3.05, 3.63) is 27.8 Å². The minimum absolute atomic E-state index is 0.0129. The lowest BCUT2D eigenvalue weighted by Crippen LogP contribution is -2.12. The highest BCUT2D eigenvalue weighted by Crippen LogP contribution is 2.34. The van der Waals surface area contributed by atoms with Crippen LogP contribution in [0.3, 0.4) is 0 Å². The van der Waals surface area contributed by atoms with Gasteiger partial charge in [-0.05, 0) is 12.1 Å². The van der Waals surface area contributed by atoms with Crippen LogP contribution in [0.2, 0.25) is 0 Å². The zero-order valence-corrected chi connectivity index (χ0v) is 11.9. The molecular weight excluding hydrogens is 286 g/mol. The van der Waals surface area contributed by atoms with Crippen LogP contribution in [0.4, 0.5) is 11.4 Å². The topological polar surface area (TPSA) is 85.1 Å². The normalized spacial score (nSPS) is 12.5.